The molecule has 2 heterocycles. The lowest BCUT2D eigenvalue weighted by atomic mass is 10.1. The summed E-state index contributed by atoms with van der Waals surface area (Å²) in [7, 11) is 0. The van der Waals surface area contributed by atoms with Gasteiger partial charge in [-0.05, 0) is 62.8 Å². The van der Waals surface area contributed by atoms with Gasteiger partial charge in [-0.25, -0.2) is 4.98 Å². The van der Waals surface area contributed by atoms with E-state index in [0.29, 0.717) is 18.1 Å². The molecule has 2 N–H and O–H groups in total. The molecule has 1 aliphatic heterocycles. The number of unbranched alkanes of at least 4 members (excludes halogenated alkanes) is 2. The second kappa shape index (κ2) is 9.04. The van der Waals surface area contributed by atoms with E-state index in [-0.39, 0.29) is 11.8 Å². The molecule has 3 rings (SSSR count). The zero-order valence-electron chi connectivity index (χ0n) is 17.1. The fraction of sp³-hybridized carbons (Fsp3) is 0.500. The number of nitrogens with zero attached hydrogens (tertiary/aromatic N) is 2. The predicted octanol–water partition coefficient (Wildman–Crippen LogP) is 4.01. The molecule has 0 unspecified atom stereocenters. The average Bonchev–Trinajstić information content (AvgIpc) is 3.04. The third kappa shape index (κ3) is 4.61. The molecule has 0 spiro atoms. The molecule has 1 aliphatic rings. The van der Waals surface area contributed by atoms with Crippen molar-refractivity contribution >= 4 is 17.5 Å². The number of aromatic nitrogens is 2. The van der Waals surface area contributed by atoms with Gasteiger partial charge in [-0.1, -0.05) is 25.8 Å². The van der Waals surface area contributed by atoms with E-state index in [9.17, 15) is 9.59 Å². The highest BCUT2D eigenvalue weighted by molar-refractivity contribution is 6.05. The standard InChI is InChI=1S/C22H30N4O2/c1-4-5-7-10-23-22(28)20-25-19(18-9-6-8-11-26(18)20)21(27)24-17-13-15(2)12-16(3)14-17/h12-14H,4-11H2,1-3H3,(H,23,28)(H,24,27). The van der Waals surface area contributed by atoms with Gasteiger partial charge in [0.1, 0.15) is 0 Å². The van der Waals surface area contributed by atoms with Crippen LogP contribution < -0.4 is 10.6 Å². The molecule has 28 heavy (non-hydrogen) atoms. The van der Waals surface area contributed by atoms with E-state index in [0.717, 1.165) is 67.6 Å². The molecule has 0 bridgehead atoms. The Morgan fingerprint density at radius 1 is 1.07 bits per heavy atom. The van der Waals surface area contributed by atoms with Crippen LogP contribution in [0.25, 0.3) is 0 Å². The van der Waals surface area contributed by atoms with Crippen LogP contribution in [0.4, 0.5) is 5.69 Å². The fourth-order valence-electron chi connectivity index (χ4n) is 3.79. The van der Waals surface area contributed by atoms with E-state index in [1.165, 1.54) is 0 Å². The molecular formula is C22H30N4O2. The van der Waals surface area contributed by atoms with Gasteiger partial charge < -0.3 is 15.2 Å². The Labute approximate surface area is 166 Å². The predicted molar refractivity (Wildman–Crippen MR) is 111 cm³/mol. The van der Waals surface area contributed by atoms with Crippen LogP contribution in [0.2, 0.25) is 0 Å². The monoisotopic (exact) mass is 382 g/mol. The molecule has 2 aromatic rings. The number of imidazole rings is 1. The highest BCUT2D eigenvalue weighted by Crippen LogP contribution is 2.23. The normalized spacial score (nSPS) is 13.1. The smallest absolute Gasteiger partial charge is 0.287 e. The van der Waals surface area contributed by atoms with E-state index < -0.39 is 0 Å². The van der Waals surface area contributed by atoms with Crippen molar-refractivity contribution in [2.45, 2.75) is 65.8 Å². The van der Waals surface area contributed by atoms with Crippen molar-refractivity contribution in [3.05, 3.63) is 46.5 Å². The Morgan fingerprint density at radius 3 is 2.54 bits per heavy atom. The Hall–Kier alpha value is -2.63. The number of carbonyl (C=O) groups is 2. The summed E-state index contributed by atoms with van der Waals surface area (Å²) in [6, 6.07) is 5.94. The SMILES string of the molecule is CCCCCNC(=O)c1nc(C(=O)Nc2cc(C)cc(C)c2)c2n1CCCC2. The van der Waals surface area contributed by atoms with E-state index in [1.54, 1.807) is 0 Å². The van der Waals surface area contributed by atoms with Crippen molar-refractivity contribution in [1.29, 1.82) is 0 Å². The summed E-state index contributed by atoms with van der Waals surface area (Å²) in [6.07, 6.45) is 5.92. The summed E-state index contributed by atoms with van der Waals surface area (Å²) < 4.78 is 1.93. The second-order valence-electron chi connectivity index (χ2n) is 7.63. The van der Waals surface area contributed by atoms with Crippen molar-refractivity contribution in [2.75, 3.05) is 11.9 Å². The molecule has 0 radical (unpaired) electrons. The molecule has 1 aromatic carbocycles. The molecule has 0 saturated carbocycles. The quantitative estimate of drug-likeness (QED) is 0.711. The maximum Gasteiger partial charge on any atom is 0.287 e. The lowest BCUT2D eigenvalue weighted by Gasteiger charge is -2.17. The minimum absolute atomic E-state index is 0.190. The lowest BCUT2D eigenvalue weighted by molar-refractivity contribution is 0.0937. The Kier molecular flexibility index (Phi) is 6.49. The average molecular weight is 383 g/mol. The summed E-state index contributed by atoms with van der Waals surface area (Å²) in [5, 5.41) is 5.90. The molecule has 6 nitrogen and oxygen atoms in total. The lowest BCUT2D eigenvalue weighted by Crippen LogP contribution is -2.28. The highest BCUT2D eigenvalue weighted by Gasteiger charge is 2.27. The Balaban J connectivity index is 1.81. The molecule has 0 atom stereocenters. The topological polar surface area (TPSA) is 76.0 Å². The maximum absolute atomic E-state index is 12.9. The van der Waals surface area contributed by atoms with E-state index in [1.807, 2.05) is 30.5 Å². The summed E-state index contributed by atoms with van der Waals surface area (Å²) in [4.78, 5) is 30.0. The van der Waals surface area contributed by atoms with Crippen molar-refractivity contribution in [2.24, 2.45) is 0 Å². The van der Waals surface area contributed by atoms with Crippen LogP contribution >= 0.6 is 0 Å². The van der Waals surface area contributed by atoms with Crippen LogP contribution in [0.15, 0.2) is 18.2 Å². The first-order valence-corrected chi connectivity index (χ1v) is 10.3. The van der Waals surface area contributed by atoms with Crippen LogP contribution in [0.5, 0.6) is 0 Å². The molecule has 6 heteroatoms. The molecule has 1 aromatic heterocycles. The van der Waals surface area contributed by atoms with E-state index in [2.05, 4.69) is 28.6 Å². The summed E-state index contributed by atoms with van der Waals surface area (Å²) in [5.74, 6) is -0.0813. The number of fused-ring (bicyclic) bond motifs is 1. The molecule has 0 fully saturated rings. The minimum atomic E-state index is -0.249. The van der Waals surface area contributed by atoms with Gasteiger partial charge in [0.05, 0.1) is 5.69 Å². The third-order valence-corrected chi connectivity index (χ3v) is 5.08. The van der Waals surface area contributed by atoms with Gasteiger partial charge in [-0.15, -0.1) is 0 Å². The van der Waals surface area contributed by atoms with E-state index >= 15 is 0 Å². The number of rotatable bonds is 7. The number of nitrogens with one attached hydrogen (secondary N) is 2. The van der Waals surface area contributed by atoms with Crippen molar-refractivity contribution in [3.63, 3.8) is 0 Å². The molecule has 0 saturated heterocycles. The van der Waals surface area contributed by atoms with Gasteiger partial charge in [0, 0.05) is 18.8 Å². The Bertz CT molecular complexity index is 849. The van der Waals surface area contributed by atoms with Crippen LogP contribution in [0.3, 0.4) is 0 Å². The van der Waals surface area contributed by atoms with Gasteiger partial charge in [-0.3, -0.25) is 9.59 Å². The second-order valence-corrected chi connectivity index (χ2v) is 7.63. The summed E-state index contributed by atoms with van der Waals surface area (Å²) >= 11 is 0. The number of aryl methyl sites for hydroxylation is 2. The van der Waals surface area contributed by atoms with Gasteiger partial charge in [-0.2, -0.15) is 0 Å². The number of carbonyl (C=O) groups excluding carboxylic acids is 2. The van der Waals surface area contributed by atoms with Gasteiger partial charge in [0.15, 0.2) is 11.5 Å². The summed E-state index contributed by atoms with van der Waals surface area (Å²) in [6.45, 7) is 7.51. The van der Waals surface area contributed by atoms with Gasteiger partial charge >= 0.3 is 0 Å². The van der Waals surface area contributed by atoms with Crippen molar-refractivity contribution in [1.82, 2.24) is 14.9 Å². The highest BCUT2D eigenvalue weighted by atomic mass is 16.2. The maximum atomic E-state index is 12.9. The van der Waals surface area contributed by atoms with Crippen molar-refractivity contribution < 1.29 is 9.59 Å². The molecule has 2 amide bonds. The molecule has 0 aliphatic carbocycles. The van der Waals surface area contributed by atoms with E-state index in [4.69, 9.17) is 0 Å². The first-order valence-electron chi connectivity index (χ1n) is 10.3. The van der Waals surface area contributed by atoms with Gasteiger partial charge in [0.2, 0.25) is 0 Å². The van der Waals surface area contributed by atoms with Crippen LogP contribution in [0.1, 0.15) is 77.0 Å². The number of benzene rings is 1. The van der Waals surface area contributed by atoms with Crippen molar-refractivity contribution in [3.8, 4) is 0 Å². The summed E-state index contributed by atoms with van der Waals surface area (Å²) in [5.41, 5.74) is 4.18. The zero-order chi connectivity index (χ0) is 20.1. The van der Waals surface area contributed by atoms with Crippen LogP contribution in [0, 0.1) is 13.8 Å². The zero-order valence-corrected chi connectivity index (χ0v) is 17.1. The number of amides is 2. The first-order chi connectivity index (χ1) is 13.5. The third-order valence-electron chi connectivity index (χ3n) is 5.08. The molecule has 150 valence electrons. The Morgan fingerprint density at radius 2 is 1.82 bits per heavy atom. The number of hydrogen-bond donors (Lipinski definition) is 2. The first kappa shape index (κ1) is 20.1. The largest absolute Gasteiger partial charge is 0.349 e. The molecular weight excluding hydrogens is 352 g/mol. The van der Waals surface area contributed by atoms with Crippen LogP contribution in [-0.4, -0.2) is 27.9 Å². The number of anilines is 1. The van der Waals surface area contributed by atoms with Crippen LogP contribution in [-0.2, 0) is 13.0 Å². The van der Waals surface area contributed by atoms with Gasteiger partial charge in [0.25, 0.3) is 11.8 Å². The fourth-order valence-corrected chi connectivity index (χ4v) is 3.79. The number of hydrogen-bond acceptors (Lipinski definition) is 3. The minimum Gasteiger partial charge on any atom is -0.349 e.